The Morgan fingerprint density at radius 2 is 2.11 bits per heavy atom. The van der Waals surface area contributed by atoms with Gasteiger partial charge in [0, 0.05) is 31.4 Å². The van der Waals surface area contributed by atoms with Gasteiger partial charge in [0.2, 0.25) is 0 Å². The predicted molar refractivity (Wildman–Crippen MR) is 74.3 cm³/mol. The molecule has 3 heteroatoms. The van der Waals surface area contributed by atoms with Crippen molar-refractivity contribution in [2.24, 2.45) is 5.73 Å². The average molecular weight is 243 g/mol. The van der Waals surface area contributed by atoms with Crippen molar-refractivity contribution >= 4 is 0 Å². The van der Waals surface area contributed by atoms with Crippen LogP contribution in [0.2, 0.25) is 0 Å². The van der Waals surface area contributed by atoms with E-state index in [-0.39, 0.29) is 6.04 Å². The highest BCUT2D eigenvalue weighted by atomic mass is 15.1. The number of nitrogens with zero attached hydrogens (tertiary/aromatic N) is 2. The minimum Gasteiger partial charge on any atom is -0.335 e. The van der Waals surface area contributed by atoms with E-state index >= 15 is 0 Å². The second-order valence-corrected chi connectivity index (χ2v) is 4.70. The lowest BCUT2D eigenvalue weighted by atomic mass is 9.99. The SMILES string of the molecule is CCCn1ccnc1CC(N)c1ccccc1C. The van der Waals surface area contributed by atoms with E-state index in [4.69, 9.17) is 5.73 Å². The molecule has 3 nitrogen and oxygen atoms in total. The second-order valence-electron chi connectivity index (χ2n) is 4.70. The zero-order valence-electron chi connectivity index (χ0n) is 11.1. The van der Waals surface area contributed by atoms with Gasteiger partial charge in [0.15, 0.2) is 0 Å². The lowest BCUT2D eigenvalue weighted by Crippen LogP contribution is -2.17. The number of nitrogens with two attached hydrogens (primary N) is 1. The molecule has 0 fully saturated rings. The first kappa shape index (κ1) is 12.8. The second kappa shape index (κ2) is 5.83. The molecule has 0 amide bonds. The number of benzene rings is 1. The highest BCUT2D eigenvalue weighted by Crippen LogP contribution is 2.18. The summed E-state index contributed by atoms with van der Waals surface area (Å²) in [4.78, 5) is 4.41. The van der Waals surface area contributed by atoms with Crippen LogP contribution in [-0.2, 0) is 13.0 Å². The molecule has 1 aromatic carbocycles. The van der Waals surface area contributed by atoms with Gasteiger partial charge >= 0.3 is 0 Å². The average Bonchev–Trinajstić information content (AvgIpc) is 2.78. The molecule has 1 aromatic heterocycles. The van der Waals surface area contributed by atoms with Gasteiger partial charge in [-0.3, -0.25) is 0 Å². The van der Waals surface area contributed by atoms with Crippen molar-refractivity contribution in [1.82, 2.24) is 9.55 Å². The van der Waals surface area contributed by atoms with Gasteiger partial charge in [-0.2, -0.15) is 0 Å². The van der Waals surface area contributed by atoms with Crippen molar-refractivity contribution in [1.29, 1.82) is 0 Å². The van der Waals surface area contributed by atoms with Crippen LogP contribution in [0.1, 0.15) is 36.3 Å². The van der Waals surface area contributed by atoms with Gasteiger partial charge in [0.05, 0.1) is 0 Å². The van der Waals surface area contributed by atoms with Gasteiger partial charge in [-0.25, -0.2) is 4.98 Å². The number of aryl methyl sites for hydroxylation is 2. The van der Waals surface area contributed by atoms with Gasteiger partial charge in [-0.1, -0.05) is 31.2 Å². The van der Waals surface area contributed by atoms with Gasteiger partial charge in [-0.05, 0) is 24.5 Å². The van der Waals surface area contributed by atoms with Crippen molar-refractivity contribution < 1.29 is 0 Å². The lowest BCUT2D eigenvalue weighted by Gasteiger charge is -2.15. The van der Waals surface area contributed by atoms with Gasteiger partial charge < -0.3 is 10.3 Å². The van der Waals surface area contributed by atoms with Crippen LogP contribution in [-0.4, -0.2) is 9.55 Å². The molecule has 0 spiro atoms. The van der Waals surface area contributed by atoms with Crippen LogP contribution >= 0.6 is 0 Å². The van der Waals surface area contributed by atoms with Crippen LogP contribution < -0.4 is 5.73 Å². The maximum atomic E-state index is 6.30. The Morgan fingerprint density at radius 1 is 1.33 bits per heavy atom. The zero-order valence-corrected chi connectivity index (χ0v) is 11.1. The number of imidazole rings is 1. The maximum Gasteiger partial charge on any atom is 0.110 e. The molecule has 2 N–H and O–H groups in total. The monoisotopic (exact) mass is 243 g/mol. The zero-order chi connectivity index (χ0) is 13.0. The van der Waals surface area contributed by atoms with Crippen LogP contribution in [0.15, 0.2) is 36.7 Å². The van der Waals surface area contributed by atoms with Crippen molar-refractivity contribution in [2.75, 3.05) is 0 Å². The largest absolute Gasteiger partial charge is 0.335 e. The Kier molecular flexibility index (Phi) is 4.15. The van der Waals surface area contributed by atoms with Crippen molar-refractivity contribution in [2.45, 2.75) is 39.3 Å². The molecule has 0 saturated carbocycles. The summed E-state index contributed by atoms with van der Waals surface area (Å²) < 4.78 is 2.19. The summed E-state index contributed by atoms with van der Waals surface area (Å²) in [6.07, 6.45) is 5.79. The van der Waals surface area contributed by atoms with E-state index in [0.717, 1.165) is 25.2 Å². The van der Waals surface area contributed by atoms with Gasteiger partial charge in [0.25, 0.3) is 0 Å². The Balaban J connectivity index is 2.14. The maximum absolute atomic E-state index is 6.30. The van der Waals surface area contributed by atoms with Crippen LogP contribution in [0, 0.1) is 6.92 Å². The van der Waals surface area contributed by atoms with Crippen LogP contribution in [0.3, 0.4) is 0 Å². The Labute approximate surface area is 109 Å². The molecule has 2 rings (SSSR count). The summed E-state index contributed by atoms with van der Waals surface area (Å²) in [6, 6.07) is 8.31. The Morgan fingerprint density at radius 3 is 2.83 bits per heavy atom. The van der Waals surface area contributed by atoms with Crippen molar-refractivity contribution in [3.05, 3.63) is 53.6 Å². The summed E-state index contributed by atoms with van der Waals surface area (Å²) in [5.74, 6) is 1.08. The molecule has 1 heterocycles. The molecule has 2 aromatic rings. The Hall–Kier alpha value is -1.61. The molecule has 18 heavy (non-hydrogen) atoms. The quantitative estimate of drug-likeness (QED) is 0.877. The van der Waals surface area contributed by atoms with E-state index in [1.165, 1.54) is 11.1 Å². The number of hydrogen-bond donors (Lipinski definition) is 1. The summed E-state index contributed by atoms with van der Waals surface area (Å²) in [6.45, 7) is 5.29. The topological polar surface area (TPSA) is 43.8 Å². The first-order chi connectivity index (χ1) is 8.72. The summed E-state index contributed by atoms with van der Waals surface area (Å²) in [5.41, 5.74) is 8.76. The normalized spacial score (nSPS) is 12.6. The minimum atomic E-state index is 0.0178. The van der Waals surface area contributed by atoms with E-state index in [1.807, 2.05) is 24.5 Å². The molecule has 0 aliphatic heterocycles. The van der Waals surface area contributed by atoms with E-state index in [2.05, 4.69) is 35.5 Å². The third-order valence-corrected chi connectivity index (χ3v) is 3.26. The number of hydrogen-bond acceptors (Lipinski definition) is 2. The fraction of sp³-hybridized carbons (Fsp3) is 0.400. The highest BCUT2D eigenvalue weighted by Gasteiger charge is 2.12. The molecule has 0 bridgehead atoms. The summed E-state index contributed by atoms with van der Waals surface area (Å²) in [5, 5.41) is 0. The van der Waals surface area contributed by atoms with Crippen LogP contribution in [0.4, 0.5) is 0 Å². The van der Waals surface area contributed by atoms with E-state index < -0.39 is 0 Å². The molecular formula is C15H21N3. The third-order valence-electron chi connectivity index (χ3n) is 3.26. The minimum absolute atomic E-state index is 0.0178. The third kappa shape index (κ3) is 2.79. The highest BCUT2D eigenvalue weighted by molar-refractivity contribution is 5.29. The van der Waals surface area contributed by atoms with Crippen molar-refractivity contribution in [3.63, 3.8) is 0 Å². The first-order valence-electron chi connectivity index (χ1n) is 6.53. The summed E-state index contributed by atoms with van der Waals surface area (Å²) in [7, 11) is 0. The van der Waals surface area contributed by atoms with Crippen LogP contribution in [0.25, 0.3) is 0 Å². The van der Waals surface area contributed by atoms with Crippen LogP contribution in [0.5, 0.6) is 0 Å². The molecular weight excluding hydrogens is 222 g/mol. The predicted octanol–water partition coefficient (Wildman–Crippen LogP) is 2.84. The smallest absolute Gasteiger partial charge is 0.110 e. The molecule has 0 saturated heterocycles. The van der Waals surface area contributed by atoms with E-state index in [0.29, 0.717) is 0 Å². The fourth-order valence-corrected chi connectivity index (χ4v) is 2.28. The summed E-state index contributed by atoms with van der Waals surface area (Å²) >= 11 is 0. The lowest BCUT2D eigenvalue weighted by molar-refractivity contribution is 0.597. The molecule has 0 aliphatic carbocycles. The fourth-order valence-electron chi connectivity index (χ4n) is 2.28. The molecule has 0 aliphatic rings. The van der Waals surface area contributed by atoms with Crippen molar-refractivity contribution in [3.8, 4) is 0 Å². The van der Waals surface area contributed by atoms with Gasteiger partial charge in [-0.15, -0.1) is 0 Å². The Bertz CT molecular complexity index is 502. The molecule has 96 valence electrons. The molecule has 0 radical (unpaired) electrons. The van der Waals surface area contributed by atoms with Gasteiger partial charge in [0.1, 0.15) is 5.82 Å². The number of rotatable bonds is 5. The number of aromatic nitrogens is 2. The van der Waals surface area contributed by atoms with E-state index in [9.17, 15) is 0 Å². The van der Waals surface area contributed by atoms with E-state index in [1.54, 1.807) is 0 Å². The molecule has 1 unspecified atom stereocenters. The standard InChI is InChI=1S/C15H21N3/c1-3-9-18-10-8-17-15(18)11-14(16)13-7-5-4-6-12(13)2/h4-8,10,14H,3,9,11,16H2,1-2H3. The first-order valence-corrected chi connectivity index (χ1v) is 6.53. The molecule has 1 atom stereocenters.